The van der Waals surface area contributed by atoms with Crippen LogP contribution in [-0.4, -0.2) is 37.2 Å². The van der Waals surface area contributed by atoms with Crippen LogP contribution in [0.1, 0.15) is 48.8 Å². The predicted molar refractivity (Wildman–Crippen MR) is 133 cm³/mol. The molecule has 178 valence electrons. The van der Waals surface area contributed by atoms with E-state index in [1.54, 1.807) is 7.11 Å². The van der Waals surface area contributed by atoms with E-state index in [0.717, 1.165) is 33.6 Å². The Balaban J connectivity index is 1.69. The normalized spacial score (nSPS) is 12.0. The summed E-state index contributed by atoms with van der Waals surface area (Å²) in [5, 5.41) is 13.4. The van der Waals surface area contributed by atoms with E-state index in [1.807, 2.05) is 41.9 Å². The minimum Gasteiger partial charge on any atom is -0.497 e. The van der Waals surface area contributed by atoms with Crippen molar-refractivity contribution in [1.29, 1.82) is 0 Å². The van der Waals surface area contributed by atoms with Crippen LogP contribution in [0.2, 0.25) is 0 Å². The van der Waals surface area contributed by atoms with Crippen molar-refractivity contribution in [1.82, 2.24) is 30.1 Å². The molecule has 0 aliphatic heterocycles. The maximum absolute atomic E-state index is 13.0. The monoisotopic (exact) mass is 460 g/mol. The standard InChI is InChI=1S/C26H32N6O2/c1-17-11-18(2)24-20(12-17)13-21(25(33)27-24)15-31(14-19-7-9-22(34-6)10-8-19)16-23-28-29-30-32(23)26(3,4)5/h7-13H,14-16H2,1-6H3,(H,27,33). The summed E-state index contributed by atoms with van der Waals surface area (Å²) in [4.78, 5) is 18.3. The molecule has 8 heteroatoms. The molecular formula is C26H32N6O2. The van der Waals surface area contributed by atoms with Crippen LogP contribution in [0.5, 0.6) is 5.75 Å². The fourth-order valence-corrected chi connectivity index (χ4v) is 4.27. The van der Waals surface area contributed by atoms with Crippen LogP contribution < -0.4 is 10.3 Å². The van der Waals surface area contributed by atoms with Gasteiger partial charge in [-0.2, -0.15) is 0 Å². The molecule has 1 N–H and O–H groups in total. The van der Waals surface area contributed by atoms with Crippen LogP contribution in [0, 0.1) is 13.8 Å². The summed E-state index contributed by atoms with van der Waals surface area (Å²) >= 11 is 0. The van der Waals surface area contributed by atoms with E-state index in [9.17, 15) is 4.79 Å². The lowest BCUT2D eigenvalue weighted by Gasteiger charge is -2.25. The average molecular weight is 461 g/mol. The lowest BCUT2D eigenvalue weighted by Crippen LogP contribution is -2.31. The van der Waals surface area contributed by atoms with Gasteiger partial charge in [0.15, 0.2) is 5.82 Å². The number of pyridine rings is 1. The van der Waals surface area contributed by atoms with Gasteiger partial charge in [-0.15, -0.1) is 5.10 Å². The number of ether oxygens (including phenoxy) is 1. The number of nitrogens with zero attached hydrogens (tertiary/aromatic N) is 5. The maximum atomic E-state index is 13.0. The zero-order chi connectivity index (χ0) is 24.5. The summed E-state index contributed by atoms with van der Waals surface area (Å²) in [5.41, 5.74) is 4.62. The molecule has 4 rings (SSSR count). The van der Waals surface area contributed by atoms with Crippen molar-refractivity contribution in [2.45, 2.75) is 59.8 Å². The third kappa shape index (κ3) is 5.17. The minimum atomic E-state index is -0.250. The van der Waals surface area contributed by atoms with E-state index < -0.39 is 0 Å². The summed E-state index contributed by atoms with van der Waals surface area (Å²) in [6.45, 7) is 11.9. The topological polar surface area (TPSA) is 88.9 Å². The Morgan fingerprint density at radius 1 is 1.03 bits per heavy atom. The molecule has 34 heavy (non-hydrogen) atoms. The maximum Gasteiger partial charge on any atom is 0.252 e. The summed E-state index contributed by atoms with van der Waals surface area (Å²) < 4.78 is 7.13. The molecule has 0 spiro atoms. The molecular weight excluding hydrogens is 428 g/mol. The number of nitrogens with one attached hydrogen (secondary N) is 1. The number of benzene rings is 2. The van der Waals surface area contributed by atoms with Crippen LogP contribution in [-0.2, 0) is 25.2 Å². The van der Waals surface area contributed by atoms with Crippen LogP contribution in [0.25, 0.3) is 10.9 Å². The van der Waals surface area contributed by atoms with E-state index in [2.05, 4.69) is 65.2 Å². The number of hydrogen-bond acceptors (Lipinski definition) is 6. The van der Waals surface area contributed by atoms with Crippen LogP contribution >= 0.6 is 0 Å². The molecule has 4 aromatic rings. The summed E-state index contributed by atoms with van der Waals surface area (Å²) in [7, 11) is 1.66. The molecule has 2 aromatic heterocycles. The number of tetrazole rings is 1. The first kappa shape index (κ1) is 23.6. The zero-order valence-electron chi connectivity index (χ0n) is 20.7. The lowest BCUT2D eigenvalue weighted by molar-refractivity contribution is 0.223. The molecule has 0 amide bonds. The molecule has 0 unspecified atom stereocenters. The molecule has 0 aliphatic rings. The second-order valence-corrected chi connectivity index (χ2v) is 9.84. The number of aromatic amines is 1. The molecule has 0 aliphatic carbocycles. The van der Waals surface area contributed by atoms with Gasteiger partial charge in [0, 0.05) is 18.7 Å². The third-order valence-electron chi connectivity index (χ3n) is 5.86. The Bertz CT molecular complexity index is 1350. The Kier molecular flexibility index (Phi) is 6.52. The van der Waals surface area contributed by atoms with Crippen molar-refractivity contribution in [3.63, 3.8) is 0 Å². The predicted octanol–water partition coefficient (Wildman–Crippen LogP) is 4.10. The number of H-pyrrole nitrogens is 1. The highest BCUT2D eigenvalue weighted by molar-refractivity contribution is 5.82. The SMILES string of the molecule is COc1ccc(CN(Cc2cc3cc(C)cc(C)c3[nH]c2=O)Cc2nnnn2C(C)(C)C)cc1. The van der Waals surface area contributed by atoms with Gasteiger partial charge in [-0.05, 0) is 85.8 Å². The van der Waals surface area contributed by atoms with E-state index >= 15 is 0 Å². The third-order valence-corrected chi connectivity index (χ3v) is 5.86. The molecule has 0 saturated heterocycles. The fraction of sp³-hybridized carbons (Fsp3) is 0.385. The van der Waals surface area contributed by atoms with Crippen LogP contribution in [0.4, 0.5) is 0 Å². The van der Waals surface area contributed by atoms with E-state index in [4.69, 9.17) is 4.74 Å². The second-order valence-electron chi connectivity index (χ2n) is 9.84. The number of rotatable bonds is 7. The highest BCUT2D eigenvalue weighted by Crippen LogP contribution is 2.21. The summed E-state index contributed by atoms with van der Waals surface area (Å²) in [5.74, 6) is 1.56. The van der Waals surface area contributed by atoms with Gasteiger partial charge < -0.3 is 9.72 Å². The Morgan fingerprint density at radius 3 is 2.44 bits per heavy atom. The number of methoxy groups -OCH3 is 1. The fourth-order valence-electron chi connectivity index (χ4n) is 4.27. The minimum absolute atomic E-state index is 0.0744. The number of hydrogen-bond donors (Lipinski definition) is 1. The molecule has 0 fully saturated rings. The number of fused-ring (bicyclic) bond motifs is 1. The number of aromatic nitrogens is 5. The smallest absolute Gasteiger partial charge is 0.252 e. The summed E-state index contributed by atoms with van der Waals surface area (Å²) in [6, 6.07) is 14.2. The number of aryl methyl sites for hydroxylation is 2. The molecule has 0 radical (unpaired) electrons. The first-order chi connectivity index (χ1) is 16.1. The van der Waals surface area contributed by atoms with Crippen LogP contribution in [0.15, 0.2) is 47.3 Å². The Morgan fingerprint density at radius 2 is 1.76 bits per heavy atom. The van der Waals surface area contributed by atoms with Crippen molar-refractivity contribution < 1.29 is 4.74 Å². The van der Waals surface area contributed by atoms with E-state index in [0.29, 0.717) is 25.2 Å². The van der Waals surface area contributed by atoms with Crippen molar-refractivity contribution in [3.05, 3.63) is 80.9 Å². The van der Waals surface area contributed by atoms with Gasteiger partial charge in [0.05, 0.1) is 24.7 Å². The Labute approximate surface area is 199 Å². The summed E-state index contributed by atoms with van der Waals surface area (Å²) in [6.07, 6.45) is 0. The van der Waals surface area contributed by atoms with Gasteiger partial charge in [-0.25, -0.2) is 4.68 Å². The van der Waals surface area contributed by atoms with Gasteiger partial charge >= 0.3 is 0 Å². The zero-order valence-corrected chi connectivity index (χ0v) is 20.7. The molecule has 8 nitrogen and oxygen atoms in total. The first-order valence-corrected chi connectivity index (χ1v) is 11.4. The van der Waals surface area contributed by atoms with Gasteiger partial charge in [0.1, 0.15) is 5.75 Å². The molecule has 0 saturated carbocycles. The van der Waals surface area contributed by atoms with E-state index in [1.165, 1.54) is 5.56 Å². The quantitative estimate of drug-likeness (QED) is 0.447. The van der Waals surface area contributed by atoms with Crippen molar-refractivity contribution in [3.8, 4) is 5.75 Å². The lowest BCUT2D eigenvalue weighted by atomic mass is 10.0. The second kappa shape index (κ2) is 9.38. The first-order valence-electron chi connectivity index (χ1n) is 11.4. The van der Waals surface area contributed by atoms with Crippen LogP contribution in [0.3, 0.4) is 0 Å². The van der Waals surface area contributed by atoms with Gasteiger partial charge in [0.25, 0.3) is 5.56 Å². The molecule has 2 aromatic carbocycles. The van der Waals surface area contributed by atoms with Gasteiger partial charge in [-0.1, -0.05) is 23.8 Å². The van der Waals surface area contributed by atoms with Crippen molar-refractivity contribution in [2.75, 3.05) is 7.11 Å². The largest absolute Gasteiger partial charge is 0.497 e. The molecule has 0 bridgehead atoms. The Hall–Kier alpha value is -3.52. The highest BCUT2D eigenvalue weighted by Gasteiger charge is 2.22. The van der Waals surface area contributed by atoms with E-state index in [-0.39, 0.29) is 11.1 Å². The van der Waals surface area contributed by atoms with Gasteiger partial charge in [0.2, 0.25) is 0 Å². The highest BCUT2D eigenvalue weighted by atomic mass is 16.5. The average Bonchev–Trinajstić information content (AvgIpc) is 3.24. The molecule has 2 heterocycles. The van der Waals surface area contributed by atoms with Crippen molar-refractivity contribution >= 4 is 10.9 Å². The van der Waals surface area contributed by atoms with Crippen molar-refractivity contribution in [2.24, 2.45) is 0 Å². The van der Waals surface area contributed by atoms with Gasteiger partial charge in [-0.3, -0.25) is 9.69 Å². The molecule has 0 atom stereocenters.